The average molecular weight is 289 g/mol. The molecule has 0 fully saturated rings. The topological polar surface area (TPSA) is 61.6 Å². The van der Waals surface area contributed by atoms with Gasteiger partial charge in [-0.05, 0) is 17.7 Å². The van der Waals surface area contributed by atoms with Gasteiger partial charge in [0.15, 0.2) is 5.69 Å². The molecule has 0 aliphatic rings. The van der Waals surface area contributed by atoms with E-state index in [9.17, 15) is 0 Å². The number of benzene rings is 1. The standard InChI is InChI=1S/C12H9BrN4/c13-10-3-1-9(2-4-10)6-16-12-8-15-11(5-14)7-17-12/h1-4,7-8H,6H2,(H,16,17). The van der Waals surface area contributed by atoms with Crippen LogP contribution in [0.1, 0.15) is 11.3 Å². The summed E-state index contributed by atoms with van der Waals surface area (Å²) in [5.41, 5.74) is 1.47. The van der Waals surface area contributed by atoms with Gasteiger partial charge < -0.3 is 5.32 Å². The van der Waals surface area contributed by atoms with E-state index in [4.69, 9.17) is 5.26 Å². The van der Waals surface area contributed by atoms with Gasteiger partial charge in [0.05, 0.1) is 12.4 Å². The van der Waals surface area contributed by atoms with E-state index in [2.05, 4.69) is 31.2 Å². The lowest BCUT2D eigenvalue weighted by atomic mass is 10.2. The van der Waals surface area contributed by atoms with Gasteiger partial charge >= 0.3 is 0 Å². The zero-order valence-electron chi connectivity index (χ0n) is 8.89. The van der Waals surface area contributed by atoms with Crippen LogP contribution >= 0.6 is 15.9 Å². The maximum absolute atomic E-state index is 8.59. The molecule has 0 aliphatic carbocycles. The third-order valence-electron chi connectivity index (χ3n) is 2.15. The molecule has 0 saturated heterocycles. The van der Waals surface area contributed by atoms with E-state index in [-0.39, 0.29) is 0 Å². The van der Waals surface area contributed by atoms with Crippen molar-refractivity contribution in [2.45, 2.75) is 6.54 Å². The van der Waals surface area contributed by atoms with E-state index in [0.717, 1.165) is 10.0 Å². The van der Waals surface area contributed by atoms with Crippen molar-refractivity contribution in [2.24, 2.45) is 0 Å². The van der Waals surface area contributed by atoms with Crippen LogP contribution < -0.4 is 5.32 Å². The molecule has 0 aliphatic heterocycles. The maximum atomic E-state index is 8.59. The van der Waals surface area contributed by atoms with Gasteiger partial charge in [-0.1, -0.05) is 28.1 Å². The number of halogens is 1. The Morgan fingerprint density at radius 1 is 1.18 bits per heavy atom. The van der Waals surface area contributed by atoms with Crippen molar-refractivity contribution in [3.8, 4) is 6.07 Å². The predicted octanol–water partition coefficient (Wildman–Crippen LogP) is 2.72. The molecule has 1 aromatic heterocycles. The minimum absolute atomic E-state index is 0.319. The molecule has 1 heterocycles. The van der Waals surface area contributed by atoms with Gasteiger partial charge in [-0.15, -0.1) is 0 Å². The molecule has 0 amide bonds. The second-order valence-corrected chi connectivity index (χ2v) is 4.29. The van der Waals surface area contributed by atoms with Gasteiger partial charge in [-0.25, -0.2) is 9.97 Å². The van der Waals surface area contributed by atoms with Crippen LogP contribution in [0.15, 0.2) is 41.1 Å². The Labute approximate surface area is 107 Å². The molecule has 0 saturated carbocycles. The van der Waals surface area contributed by atoms with Crippen LogP contribution in [0.2, 0.25) is 0 Å². The molecule has 84 valence electrons. The van der Waals surface area contributed by atoms with Crippen LogP contribution in [-0.4, -0.2) is 9.97 Å². The van der Waals surface area contributed by atoms with Crippen molar-refractivity contribution in [3.05, 3.63) is 52.4 Å². The van der Waals surface area contributed by atoms with Gasteiger partial charge in [0.2, 0.25) is 0 Å². The van der Waals surface area contributed by atoms with Crippen LogP contribution in [0.3, 0.4) is 0 Å². The van der Waals surface area contributed by atoms with Crippen LogP contribution in [-0.2, 0) is 6.54 Å². The number of anilines is 1. The number of hydrogen-bond acceptors (Lipinski definition) is 4. The van der Waals surface area contributed by atoms with E-state index in [0.29, 0.717) is 18.1 Å². The lowest BCUT2D eigenvalue weighted by Gasteiger charge is -2.05. The molecular weight excluding hydrogens is 280 g/mol. The fourth-order valence-electron chi connectivity index (χ4n) is 1.27. The Kier molecular flexibility index (Phi) is 3.68. The summed E-state index contributed by atoms with van der Waals surface area (Å²) in [7, 11) is 0. The summed E-state index contributed by atoms with van der Waals surface area (Å²) in [6.45, 7) is 0.674. The highest BCUT2D eigenvalue weighted by Gasteiger charge is 1.97. The summed E-state index contributed by atoms with van der Waals surface area (Å²) in [4.78, 5) is 8.01. The highest BCUT2D eigenvalue weighted by atomic mass is 79.9. The lowest BCUT2D eigenvalue weighted by Crippen LogP contribution is -2.02. The Morgan fingerprint density at radius 3 is 2.53 bits per heavy atom. The molecule has 2 rings (SSSR count). The molecular formula is C12H9BrN4. The first-order valence-electron chi connectivity index (χ1n) is 4.98. The number of hydrogen-bond donors (Lipinski definition) is 1. The van der Waals surface area contributed by atoms with E-state index < -0.39 is 0 Å². The summed E-state index contributed by atoms with van der Waals surface area (Å²) < 4.78 is 1.06. The van der Waals surface area contributed by atoms with E-state index >= 15 is 0 Å². The minimum Gasteiger partial charge on any atom is -0.365 e. The summed E-state index contributed by atoms with van der Waals surface area (Å²) in [6.07, 6.45) is 3.00. The van der Waals surface area contributed by atoms with Gasteiger partial charge in [0.1, 0.15) is 11.9 Å². The number of nitrogens with zero attached hydrogens (tertiary/aromatic N) is 3. The second kappa shape index (κ2) is 5.41. The number of nitrogens with one attached hydrogen (secondary N) is 1. The lowest BCUT2D eigenvalue weighted by molar-refractivity contribution is 1.08. The Bertz CT molecular complexity index is 528. The van der Waals surface area contributed by atoms with Crippen molar-refractivity contribution in [2.75, 3.05) is 5.32 Å². The normalized spacial score (nSPS) is 9.65. The molecule has 0 radical (unpaired) electrons. The predicted molar refractivity (Wildman–Crippen MR) is 68.2 cm³/mol. The van der Waals surface area contributed by atoms with E-state index in [1.54, 1.807) is 6.20 Å². The molecule has 5 heteroatoms. The zero-order chi connectivity index (χ0) is 12.1. The summed E-state index contributed by atoms with van der Waals surface area (Å²) in [6, 6.07) is 9.95. The Balaban J connectivity index is 1.98. The maximum Gasteiger partial charge on any atom is 0.158 e. The number of rotatable bonds is 3. The number of nitriles is 1. The van der Waals surface area contributed by atoms with Gasteiger partial charge in [-0.2, -0.15) is 5.26 Å². The molecule has 2 aromatic rings. The number of aromatic nitrogens is 2. The molecule has 0 unspecified atom stereocenters. The van der Waals surface area contributed by atoms with Crippen LogP contribution in [0.25, 0.3) is 0 Å². The molecule has 17 heavy (non-hydrogen) atoms. The van der Waals surface area contributed by atoms with E-state index in [1.165, 1.54) is 6.20 Å². The molecule has 1 aromatic carbocycles. The first kappa shape index (κ1) is 11.6. The zero-order valence-corrected chi connectivity index (χ0v) is 10.5. The van der Waals surface area contributed by atoms with Gasteiger partial charge in [0.25, 0.3) is 0 Å². The third-order valence-corrected chi connectivity index (χ3v) is 2.68. The van der Waals surface area contributed by atoms with Gasteiger partial charge in [0, 0.05) is 11.0 Å². The first-order chi connectivity index (χ1) is 8.28. The smallest absolute Gasteiger partial charge is 0.158 e. The van der Waals surface area contributed by atoms with Crippen molar-refractivity contribution in [1.29, 1.82) is 5.26 Å². The van der Waals surface area contributed by atoms with Crippen molar-refractivity contribution in [1.82, 2.24) is 9.97 Å². The third kappa shape index (κ3) is 3.26. The largest absolute Gasteiger partial charge is 0.365 e. The average Bonchev–Trinajstić information content (AvgIpc) is 2.39. The van der Waals surface area contributed by atoms with Crippen molar-refractivity contribution >= 4 is 21.7 Å². The van der Waals surface area contributed by atoms with E-state index in [1.807, 2.05) is 30.3 Å². The van der Waals surface area contributed by atoms with Crippen molar-refractivity contribution < 1.29 is 0 Å². The molecule has 0 atom stereocenters. The molecule has 1 N–H and O–H groups in total. The fourth-order valence-corrected chi connectivity index (χ4v) is 1.54. The minimum atomic E-state index is 0.319. The molecule has 0 bridgehead atoms. The fraction of sp³-hybridized carbons (Fsp3) is 0.0833. The quantitative estimate of drug-likeness (QED) is 0.943. The highest BCUT2D eigenvalue weighted by Crippen LogP contribution is 2.11. The monoisotopic (exact) mass is 288 g/mol. The summed E-state index contributed by atoms with van der Waals surface area (Å²) in [5, 5.41) is 11.7. The Hall–Kier alpha value is -1.93. The van der Waals surface area contributed by atoms with Crippen LogP contribution in [0.5, 0.6) is 0 Å². The van der Waals surface area contributed by atoms with Crippen LogP contribution in [0, 0.1) is 11.3 Å². The summed E-state index contributed by atoms with van der Waals surface area (Å²) >= 11 is 3.38. The highest BCUT2D eigenvalue weighted by molar-refractivity contribution is 9.10. The van der Waals surface area contributed by atoms with Crippen molar-refractivity contribution in [3.63, 3.8) is 0 Å². The second-order valence-electron chi connectivity index (χ2n) is 3.38. The molecule has 4 nitrogen and oxygen atoms in total. The Morgan fingerprint density at radius 2 is 1.94 bits per heavy atom. The summed E-state index contributed by atoms with van der Waals surface area (Å²) in [5.74, 6) is 0.659. The van der Waals surface area contributed by atoms with Crippen LogP contribution in [0.4, 0.5) is 5.82 Å². The SMILES string of the molecule is N#Cc1cnc(NCc2ccc(Br)cc2)cn1. The van der Waals surface area contributed by atoms with Gasteiger partial charge in [-0.3, -0.25) is 0 Å². The molecule has 0 spiro atoms. The first-order valence-corrected chi connectivity index (χ1v) is 5.78.